The molecule has 108 valence electrons. The van der Waals surface area contributed by atoms with Crippen LogP contribution in [0.25, 0.3) is 0 Å². The van der Waals surface area contributed by atoms with Crippen LogP contribution in [0.15, 0.2) is 30.6 Å². The van der Waals surface area contributed by atoms with Crippen LogP contribution in [-0.4, -0.2) is 44.0 Å². The number of β-amino-alcohol motifs (C(OH)–C–C–N with tert-alkyl or cyclic N) is 1. The Morgan fingerprint density at radius 2 is 2.10 bits per heavy atom. The van der Waals surface area contributed by atoms with E-state index in [0.29, 0.717) is 13.1 Å². The molecule has 0 bridgehead atoms. The second-order valence-electron chi connectivity index (χ2n) is 5.31. The van der Waals surface area contributed by atoms with Gasteiger partial charge in [0.2, 0.25) is 0 Å². The number of hydrogen-bond donors (Lipinski definition) is 1. The molecule has 1 aliphatic rings. The van der Waals surface area contributed by atoms with Crippen molar-refractivity contribution in [1.82, 2.24) is 19.7 Å². The molecule has 0 saturated carbocycles. The number of hydrogen-bond acceptors (Lipinski definition) is 5. The second-order valence-corrected chi connectivity index (χ2v) is 5.31. The van der Waals surface area contributed by atoms with E-state index < -0.39 is 6.10 Å². The summed E-state index contributed by atoms with van der Waals surface area (Å²) in [7, 11) is 0. The third kappa shape index (κ3) is 3.27. The van der Waals surface area contributed by atoms with Crippen LogP contribution in [0.5, 0.6) is 0 Å². The van der Waals surface area contributed by atoms with Crippen LogP contribution < -0.4 is 0 Å². The molecule has 6 nitrogen and oxygen atoms in total. The number of benzene rings is 1. The van der Waals surface area contributed by atoms with Gasteiger partial charge in [0.15, 0.2) is 0 Å². The van der Waals surface area contributed by atoms with Gasteiger partial charge in [-0.1, -0.05) is 24.3 Å². The maximum absolute atomic E-state index is 10.2. The van der Waals surface area contributed by atoms with Gasteiger partial charge in [0.05, 0.1) is 12.6 Å². The first-order valence-corrected chi connectivity index (χ1v) is 7.01. The lowest BCUT2D eigenvalue weighted by Gasteiger charge is -2.30. The topological polar surface area (TPSA) is 78.0 Å². The molecule has 0 radical (unpaired) electrons. The van der Waals surface area contributed by atoms with E-state index in [1.165, 1.54) is 22.1 Å². The SMILES string of the molecule is N#Cc1ncn(C[C@@H](O)CN2CCc3ccccc3C2)n1. The van der Waals surface area contributed by atoms with E-state index in [0.717, 1.165) is 19.5 Å². The summed E-state index contributed by atoms with van der Waals surface area (Å²) in [5.74, 6) is 0.133. The summed E-state index contributed by atoms with van der Waals surface area (Å²) < 4.78 is 1.51. The Morgan fingerprint density at radius 1 is 1.29 bits per heavy atom. The first-order chi connectivity index (χ1) is 10.2. The summed E-state index contributed by atoms with van der Waals surface area (Å²) >= 11 is 0. The third-order valence-corrected chi connectivity index (χ3v) is 3.71. The molecule has 1 aromatic carbocycles. The number of fused-ring (bicyclic) bond motifs is 1. The van der Waals surface area contributed by atoms with Gasteiger partial charge in [0.1, 0.15) is 12.4 Å². The molecule has 0 spiro atoms. The highest BCUT2D eigenvalue weighted by atomic mass is 16.3. The zero-order valence-electron chi connectivity index (χ0n) is 11.7. The Bertz CT molecular complexity index is 660. The molecule has 0 saturated heterocycles. The fourth-order valence-corrected chi connectivity index (χ4v) is 2.72. The number of aliphatic hydroxyl groups excluding tert-OH is 1. The molecule has 2 aromatic rings. The Morgan fingerprint density at radius 3 is 2.86 bits per heavy atom. The minimum atomic E-state index is -0.525. The Labute approximate surface area is 123 Å². The van der Waals surface area contributed by atoms with Crippen molar-refractivity contribution in [1.29, 1.82) is 5.26 Å². The van der Waals surface area contributed by atoms with E-state index in [-0.39, 0.29) is 5.82 Å². The normalized spacial score (nSPS) is 16.2. The number of nitrogens with zero attached hydrogens (tertiary/aromatic N) is 5. The predicted octanol–water partition coefficient (Wildman–Crippen LogP) is 0.569. The highest BCUT2D eigenvalue weighted by Gasteiger charge is 2.18. The average molecular weight is 283 g/mol. The van der Waals surface area contributed by atoms with Gasteiger partial charge in [0, 0.05) is 19.6 Å². The fraction of sp³-hybridized carbons (Fsp3) is 0.400. The molecular weight excluding hydrogens is 266 g/mol. The molecule has 0 amide bonds. The van der Waals surface area contributed by atoms with Gasteiger partial charge in [-0.25, -0.2) is 9.67 Å². The second kappa shape index (κ2) is 6.04. The molecular formula is C15H17N5O. The summed E-state index contributed by atoms with van der Waals surface area (Å²) in [6.07, 6.45) is 1.97. The quantitative estimate of drug-likeness (QED) is 0.887. The molecule has 1 aliphatic heterocycles. The van der Waals surface area contributed by atoms with E-state index in [1.54, 1.807) is 0 Å². The molecule has 1 atom stereocenters. The van der Waals surface area contributed by atoms with Crippen LogP contribution in [0.4, 0.5) is 0 Å². The average Bonchev–Trinajstić information content (AvgIpc) is 2.94. The van der Waals surface area contributed by atoms with Crippen molar-refractivity contribution in [3.63, 3.8) is 0 Å². The summed E-state index contributed by atoms with van der Waals surface area (Å²) in [4.78, 5) is 6.08. The van der Waals surface area contributed by atoms with Crippen LogP contribution in [0.3, 0.4) is 0 Å². The molecule has 0 unspecified atom stereocenters. The van der Waals surface area contributed by atoms with Gasteiger partial charge in [-0.05, 0) is 17.5 Å². The van der Waals surface area contributed by atoms with Gasteiger partial charge >= 0.3 is 0 Å². The maximum Gasteiger partial charge on any atom is 0.252 e. The number of aromatic nitrogens is 3. The van der Waals surface area contributed by atoms with Crippen LogP contribution in [0, 0.1) is 11.3 Å². The molecule has 0 fully saturated rings. The van der Waals surface area contributed by atoms with Gasteiger partial charge in [-0.15, -0.1) is 5.10 Å². The zero-order chi connectivity index (χ0) is 14.7. The first-order valence-electron chi connectivity index (χ1n) is 7.01. The molecule has 0 aliphatic carbocycles. The van der Waals surface area contributed by atoms with Gasteiger partial charge in [0.25, 0.3) is 5.82 Å². The van der Waals surface area contributed by atoms with E-state index in [1.807, 2.05) is 6.07 Å². The van der Waals surface area contributed by atoms with E-state index in [2.05, 4.69) is 39.2 Å². The smallest absolute Gasteiger partial charge is 0.252 e. The Kier molecular flexibility index (Phi) is 3.95. The van der Waals surface area contributed by atoms with Crippen molar-refractivity contribution in [2.75, 3.05) is 13.1 Å². The third-order valence-electron chi connectivity index (χ3n) is 3.71. The molecule has 3 rings (SSSR count). The molecule has 1 aromatic heterocycles. The maximum atomic E-state index is 10.2. The van der Waals surface area contributed by atoms with Crippen LogP contribution in [0.1, 0.15) is 17.0 Å². The van der Waals surface area contributed by atoms with Gasteiger partial charge in [-0.3, -0.25) is 4.90 Å². The number of nitriles is 1. The standard InChI is InChI=1S/C15H17N5O/c16-7-15-17-11-20(18-15)10-14(21)9-19-6-5-12-3-1-2-4-13(12)8-19/h1-4,11,14,21H,5-6,8-10H2/t14-/m0/s1. The first kappa shape index (κ1) is 13.7. The largest absolute Gasteiger partial charge is 0.390 e. The lowest BCUT2D eigenvalue weighted by molar-refractivity contribution is 0.0888. The summed E-state index contributed by atoms with van der Waals surface area (Å²) in [6.45, 7) is 2.77. The highest BCUT2D eigenvalue weighted by Crippen LogP contribution is 2.18. The van der Waals surface area contributed by atoms with Crippen molar-refractivity contribution in [3.05, 3.63) is 47.5 Å². The van der Waals surface area contributed by atoms with Crippen LogP contribution >= 0.6 is 0 Å². The Hall–Kier alpha value is -2.23. The van der Waals surface area contributed by atoms with Gasteiger partial charge in [-0.2, -0.15) is 5.26 Å². The summed E-state index contributed by atoms with van der Waals surface area (Å²) in [6, 6.07) is 10.3. The minimum absolute atomic E-state index is 0.133. The summed E-state index contributed by atoms with van der Waals surface area (Å²) in [5, 5.41) is 22.8. The predicted molar refractivity (Wildman–Crippen MR) is 76.2 cm³/mol. The van der Waals surface area contributed by atoms with Crippen molar-refractivity contribution in [2.45, 2.75) is 25.6 Å². The molecule has 21 heavy (non-hydrogen) atoms. The fourth-order valence-electron chi connectivity index (χ4n) is 2.72. The van der Waals surface area contributed by atoms with Crippen molar-refractivity contribution < 1.29 is 5.11 Å². The molecule has 1 N–H and O–H groups in total. The van der Waals surface area contributed by atoms with E-state index in [9.17, 15) is 5.11 Å². The lowest BCUT2D eigenvalue weighted by Crippen LogP contribution is -2.38. The van der Waals surface area contributed by atoms with E-state index >= 15 is 0 Å². The highest BCUT2D eigenvalue weighted by molar-refractivity contribution is 5.29. The molecule has 6 heteroatoms. The number of aliphatic hydroxyl groups is 1. The molecule has 2 heterocycles. The minimum Gasteiger partial charge on any atom is -0.390 e. The van der Waals surface area contributed by atoms with Crippen LogP contribution in [-0.2, 0) is 19.5 Å². The monoisotopic (exact) mass is 283 g/mol. The Balaban J connectivity index is 1.56. The van der Waals surface area contributed by atoms with E-state index in [4.69, 9.17) is 5.26 Å². The van der Waals surface area contributed by atoms with Crippen molar-refractivity contribution in [2.24, 2.45) is 0 Å². The van der Waals surface area contributed by atoms with Crippen LogP contribution in [0.2, 0.25) is 0 Å². The van der Waals surface area contributed by atoms with Crippen molar-refractivity contribution >= 4 is 0 Å². The number of rotatable bonds is 4. The van der Waals surface area contributed by atoms with Gasteiger partial charge < -0.3 is 5.11 Å². The lowest BCUT2D eigenvalue weighted by atomic mass is 10.00. The van der Waals surface area contributed by atoms with Crippen molar-refractivity contribution in [3.8, 4) is 6.07 Å². The zero-order valence-corrected chi connectivity index (χ0v) is 11.7. The summed E-state index contributed by atoms with van der Waals surface area (Å²) in [5.41, 5.74) is 2.74.